The minimum absolute atomic E-state index is 0.121. The van der Waals surface area contributed by atoms with E-state index >= 15 is 0 Å². The van der Waals surface area contributed by atoms with E-state index in [9.17, 15) is 9.59 Å². The van der Waals surface area contributed by atoms with E-state index in [0.717, 1.165) is 13.1 Å². The molecule has 1 saturated heterocycles. The number of anilines is 1. The van der Waals surface area contributed by atoms with Crippen molar-refractivity contribution < 1.29 is 14.3 Å². The number of ether oxygens (including phenoxy) is 1. The number of likely N-dealkylation sites (N-methyl/N-ethyl adjacent to an activating group) is 1. The molecule has 0 aliphatic carbocycles. The molecule has 0 radical (unpaired) electrons. The Balaban J connectivity index is 1.44. The number of rotatable bonds is 4. The summed E-state index contributed by atoms with van der Waals surface area (Å²) in [6, 6.07) is 3.39. The molecular formula is C20H23ClN6O3. The summed E-state index contributed by atoms with van der Waals surface area (Å²) >= 11 is 5.92. The van der Waals surface area contributed by atoms with Gasteiger partial charge in [-0.05, 0) is 25.6 Å². The normalized spacial score (nSPS) is 19.5. The number of piperazine rings is 1. The molecule has 158 valence electrons. The average Bonchev–Trinajstić information content (AvgIpc) is 2.76. The van der Waals surface area contributed by atoms with Crippen LogP contribution in [0, 0.1) is 0 Å². The van der Waals surface area contributed by atoms with Crippen molar-refractivity contribution in [1.29, 1.82) is 0 Å². The number of carbonyl (C=O) groups is 2. The van der Waals surface area contributed by atoms with Crippen molar-refractivity contribution >= 4 is 29.4 Å². The largest absolute Gasteiger partial charge is 0.449 e. The van der Waals surface area contributed by atoms with Crippen LogP contribution in [0.1, 0.15) is 28.5 Å². The molecule has 2 aliphatic rings. The highest BCUT2D eigenvalue weighted by molar-refractivity contribution is 6.30. The molecule has 2 aromatic heterocycles. The molecule has 4 heterocycles. The zero-order chi connectivity index (χ0) is 21.1. The lowest BCUT2D eigenvalue weighted by atomic mass is 9.94. The summed E-state index contributed by atoms with van der Waals surface area (Å²) in [5, 5.41) is 0.496. The van der Waals surface area contributed by atoms with Gasteiger partial charge in [0.25, 0.3) is 5.91 Å². The minimum atomic E-state index is -0.300. The molecule has 0 aromatic carbocycles. The fourth-order valence-corrected chi connectivity index (χ4v) is 3.76. The van der Waals surface area contributed by atoms with Crippen molar-refractivity contribution in [1.82, 2.24) is 24.8 Å². The van der Waals surface area contributed by atoms with Gasteiger partial charge in [0.2, 0.25) is 0 Å². The van der Waals surface area contributed by atoms with E-state index < -0.39 is 0 Å². The van der Waals surface area contributed by atoms with Crippen LogP contribution in [0.2, 0.25) is 5.02 Å². The molecule has 1 atom stereocenters. The molecule has 9 nitrogen and oxygen atoms in total. The third-order valence-corrected chi connectivity index (χ3v) is 5.63. The Morgan fingerprint density at radius 2 is 1.93 bits per heavy atom. The summed E-state index contributed by atoms with van der Waals surface area (Å²) in [6.07, 6.45) is 4.81. The standard InChI is InChI=1S/C20H23ClN6O3/c1-25-7-9-26(10-8-25)20(29)30-11-4-14-13-27(16-3-2-15(21)12-24-16)19(28)18-17(14)22-5-6-23-18/h2-3,5-6,12,14H,4,7-11,13H2,1H3. The zero-order valence-electron chi connectivity index (χ0n) is 16.7. The predicted octanol–water partition coefficient (Wildman–Crippen LogP) is 2.04. The Bertz CT molecular complexity index is 917. The summed E-state index contributed by atoms with van der Waals surface area (Å²) in [4.78, 5) is 43.6. The van der Waals surface area contributed by atoms with Gasteiger partial charge in [0.1, 0.15) is 5.82 Å². The predicted molar refractivity (Wildman–Crippen MR) is 111 cm³/mol. The van der Waals surface area contributed by atoms with Gasteiger partial charge in [0.05, 0.1) is 17.3 Å². The van der Waals surface area contributed by atoms with Crippen LogP contribution in [0.25, 0.3) is 0 Å². The topological polar surface area (TPSA) is 91.8 Å². The highest BCUT2D eigenvalue weighted by Crippen LogP contribution is 2.30. The fourth-order valence-electron chi connectivity index (χ4n) is 3.65. The summed E-state index contributed by atoms with van der Waals surface area (Å²) in [5.74, 6) is 0.128. The lowest BCUT2D eigenvalue weighted by Crippen LogP contribution is -2.47. The molecule has 2 aromatic rings. The zero-order valence-corrected chi connectivity index (χ0v) is 17.5. The van der Waals surface area contributed by atoms with Crippen LogP contribution in [0.3, 0.4) is 0 Å². The Hall–Kier alpha value is -2.78. The van der Waals surface area contributed by atoms with Crippen molar-refractivity contribution in [3.63, 3.8) is 0 Å². The van der Waals surface area contributed by atoms with E-state index in [-0.39, 0.29) is 24.5 Å². The van der Waals surface area contributed by atoms with Gasteiger partial charge in [-0.3, -0.25) is 14.7 Å². The molecule has 1 unspecified atom stereocenters. The second kappa shape index (κ2) is 8.93. The van der Waals surface area contributed by atoms with E-state index in [1.807, 2.05) is 7.05 Å². The number of pyridine rings is 1. The average molecular weight is 431 g/mol. The SMILES string of the molecule is CN1CCN(C(=O)OCCC2CN(c3ccc(Cl)cn3)C(=O)c3nccnc32)CC1. The van der Waals surface area contributed by atoms with Gasteiger partial charge in [-0.1, -0.05) is 11.6 Å². The van der Waals surface area contributed by atoms with E-state index in [4.69, 9.17) is 16.3 Å². The van der Waals surface area contributed by atoms with Crippen LogP contribution in [0.15, 0.2) is 30.7 Å². The number of halogens is 1. The van der Waals surface area contributed by atoms with Crippen LogP contribution in [-0.2, 0) is 4.74 Å². The third-order valence-electron chi connectivity index (χ3n) is 5.41. The molecule has 0 saturated carbocycles. The molecule has 2 aliphatic heterocycles. The van der Waals surface area contributed by atoms with Crippen molar-refractivity contribution in [2.45, 2.75) is 12.3 Å². The van der Waals surface area contributed by atoms with Gasteiger partial charge in [0, 0.05) is 57.2 Å². The van der Waals surface area contributed by atoms with Crippen LogP contribution < -0.4 is 4.90 Å². The van der Waals surface area contributed by atoms with E-state index in [2.05, 4.69) is 19.9 Å². The number of nitrogens with zero attached hydrogens (tertiary/aromatic N) is 6. The van der Waals surface area contributed by atoms with Gasteiger partial charge in [-0.2, -0.15) is 0 Å². The molecule has 4 rings (SSSR count). The maximum Gasteiger partial charge on any atom is 0.409 e. The van der Waals surface area contributed by atoms with Crippen molar-refractivity contribution in [3.8, 4) is 0 Å². The van der Waals surface area contributed by atoms with Gasteiger partial charge >= 0.3 is 6.09 Å². The molecule has 1 fully saturated rings. The van der Waals surface area contributed by atoms with Gasteiger partial charge < -0.3 is 14.5 Å². The monoisotopic (exact) mass is 430 g/mol. The summed E-state index contributed by atoms with van der Waals surface area (Å²) in [7, 11) is 2.03. The van der Waals surface area contributed by atoms with Crippen LogP contribution in [-0.4, -0.2) is 83.1 Å². The Kier molecular flexibility index (Phi) is 6.10. The Morgan fingerprint density at radius 3 is 2.67 bits per heavy atom. The van der Waals surface area contributed by atoms with Crippen LogP contribution >= 0.6 is 11.6 Å². The second-order valence-electron chi connectivity index (χ2n) is 7.43. The molecule has 0 bridgehead atoms. The van der Waals surface area contributed by atoms with Crippen molar-refractivity contribution in [3.05, 3.63) is 47.1 Å². The van der Waals surface area contributed by atoms with Gasteiger partial charge in [-0.25, -0.2) is 14.8 Å². The fraction of sp³-hybridized carbons (Fsp3) is 0.450. The lowest BCUT2D eigenvalue weighted by molar-refractivity contribution is 0.0788. The number of hydrogen-bond acceptors (Lipinski definition) is 7. The first-order valence-corrected chi connectivity index (χ1v) is 10.3. The third kappa shape index (κ3) is 4.36. The van der Waals surface area contributed by atoms with Crippen molar-refractivity contribution in [2.75, 3.05) is 51.3 Å². The van der Waals surface area contributed by atoms with E-state index in [1.165, 1.54) is 12.4 Å². The van der Waals surface area contributed by atoms with Crippen LogP contribution in [0.4, 0.5) is 10.6 Å². The first-order chi connectivity index (χ1) is 14.5. The number of fused-ring (bicyclic) bond motifs is 1. The highest BCUT2D eigenvalue weighted by atomic mass is 35.5. The smallest absolute Gasteiger partial charge is 0.409 e. The number of aromatic nitrogens is 3. The molecule has 30 heavy (non-hydrogen) atoms. The molecular weight excluding hydrogens is 408 g/mol. The van der Waals surface area contributed by atoms with Gasteiger partial charge in [0.15, 0.2) is 5.69 Å². The second-order valence-corrected chi connectivity index (χ2v) is 7.87. The summed E-state index contributed by atoms with van der Waals surface area (Å²) in [5.41, 5.74) is 0.930. The summed E-state index contributed by atoms with van der Waals surface area (Å²) in [6.45, 7) is 3.63. The van der Waals surface area contributed by atoms with E-state index in [0.29, 0.717) is 48.3 Å². The highest BCUT2D eigenvalue weighted by Gasteiger charge is 2.35. The lowest BCUT2D eigenvalue weighted by Gasteiger charge is -2.33. The number of hydrogen-bond donors (Lipinski definition) is 0. The number of carbonyl (C=O) groups excluding carboxylic acids is 2. The Morgan fingerprint density at radius 1 is 1.17 bits per heavy atom. The summed E-state index contributed by atoms with van der Waals surface area (Å²) < 4.78 is 5.50. The molecule has 0 spiro atoms. The first kappa shape index (κ1) is 20.5. The maximum atomic E-state index is 12.9. The van der Waals surface area contributed by atoms with Gasteiger partial charge in [-0.15, -0.1) is 0 Å². The molecule has 0 N–H and O–H groups in total. The van der Waals surface area contributed by atoms with Crippen LogP contribution in [0.5, 0.6) is 0 Å². The molecule has 10 heteroatoms. The van der Waals surface area contributed by atoms with E-state index in [1.54, 1.807) is 28.1 Å². The van der Waals surface area contributed by atoms with Crippen molar-refractivity contribution in [2.24, 2.45) is 0 Å². The maximum absolute atomic E-state index is 12.9. The molecule has 2 amide bonds. The quantitative estimate of drug-likeness (QED) is 0.732. The first-order valence-electron chi connectivity index (χ1n) is 9.87. The Labute approximate surface area is 179 Å². The number of amides is 2. The minimum Gasteiger partial charge on any atom is -0.449 e.